The van der Waals surface area contributed by atoms with Gasteiger partial charge in [0, 0.05) is 12.8 Å². The van der Waals surface area contributed by atoms with Crippen LogP contribution in [0.15, 0.2) is 134 Å². The number of carboxylic acid groups (broad SMARTS) is 1. The fraction of sp³-hybridized carbons (Fsp3) is 0.612. The van der Waals surface area contributed by atoms with Gasteiger partial charge in [0.15, 0.2) is 24.6 Å². The standard InChI is InChI=1S/C67H104O12/c1-4-7-10-13-16-19-22-25-28-29-30-31-34-35-38-41-44-47-50-53-59(68)75-56-58(77-60(69)54-51-48-45-42-39-36-32-26-23-20-17-14-11-8-5-2)57-76-67-65(63(72)62(71)64(79-67)66(73)74)78-61(70)55-52-49-46-43-40-37-33-27-24-21-18-15-12-9-6-3/h8-9,11-12,16-21,25-28,32-33,39-40,42-43,48,51,58,62-65,67,71-72H,4-7,10,13-15,22-24,29-31,34-38,41,44-47,49-50,52-57H2,1-3H3,(H,73,74)/b11-8-,12-9-,19-16-,20-17-,21-18-,28-25-,32-26-,33-27-,42-39-,43-40-,51-48-. The lowest BCUT2D eigenvalue weighted by Gasteiger charge is -2.40. The van der Waals surface area contributed by atoms with E-state index >= 15 is 0 Å². The van der Waals surface area contributed by atoms with Crippen molar-refractivity contribution in [1.29, 1.82) is 0 Å². The van der Waals surface area contributed by atoms with E-state index in [1.807, 2.05) is 18.2 Å². The highest BCUT2D eigenvalue weighted by atomic mass is 16.7. The van der Waals surface area contributed by atoms with Gasteiger partial charge in [-0.3, -0.25) is 14.4 Å². The molecule has 0 spiro atoms. The van der Waals surface area contributed by atoms with E-state index < -0.39 is 67.3 Å². The van der Waals surface area contributed by atoms with Crippen LogP contribution in [0.4, 0.5) is 0 Å². The molecule has 0 radical (unpaired) electrons. The van der Waals surface area contributed by atoms with E-state index in [0.717, 1.165) is 96.3 Å². The molecule has 0 saturated carbocycles. The molecule has 1 heterocycles. The van der Waals surface area contributed by atoms with E-state index in [4.69, 9.17) is 23.7 Å². The van der Waals surface area contributed by atoms with Crippen LogP contribution in [0.1, 0.15) is 213 Å². The molecule has 6 atom stereocenters. The number of rotatable bonds is 49. The molecule has 6 unspecified atom stereocenters. The number of unbranched alkanes of at least 4 members (excludes halogenated alkanes) is 14. The Kier molecular flexibility index (Phi) is 48.7. The molecule has 3 N–H and O–H groups in total. The Balaban J connectivity index is 2.76. The van der Waals surface area contributed by atoms with Crippen LogP contribution in [0.5, 0.6) is 0 Å². The molecule has 0 bridgehead atoms. The Labute approximate surface area is 477 Å². The van der Waals surface area contributed by atoms with Crippen molar-refractivity contribution in [3.8, 4) is 0 Å². The molecule has 1 fully saturated rings. The van der Waals surface area contributed by atoms with Gasteiger partial charge in [-0.25, -0.2) is 4.79 Å². The van der Waals surface area contributed by atoms with Crippen LogP contribution >= 0.6 is 0 Å². The minimum absolute atomic E-state index is 0.00977. The fourth-order valence-corrected chi connectivity index (χ4v) is 8.17. The predicted octanol–water partition coefficient (Wildman–Crippen LogP) is 15.8. The molecule has 0 aromatic carbocycles. The van der Waals surface area contributed by atoms with Gasteiger partial charge >= 0.3 is 23.9 Å². The number of aliphatic hydroxyl groups excluding tert-OH is 2. The van der Waals surface area contributed by atoms with Crippen LogP contribution in [0.25, 0.3) is 0 Å². The van der Waals surface area contributed by atoms with Crippen molar-refractivity contribution >= 4 is 23.9 Å². The highest BCUT2D eigenvalue weighted by Crippen LogP contribution is 2.26. The summed E-state index contributed by atoms with van der Waals surface area (Å²) in [5.74, 6) is -3.37. The summed E-state index contributed by atoms with van der Waals surface area (Å²) >= 11 is 0. The maximum atomic E-state index is 13.1. The lowest BCUT2D eigenvalue weighted by Crippen LogP contribution is -2.61. The molecule has 0 aromatic rings. The molecule has 444 valence electrons. The summed E-state index contributed by atoms with van der Waals surface area (Å²) in [7, 11) is 0. The number of ether oxygens (including phenoxy) is 5. The second-order valence-electron chi connectivity index (χ2n) is 19.9. The van der Waals surface area contributed by atoms with Crippen LogP contribution in [0, 0.1) is 0 Å². The van der Waals surface area contributed by atoms with Crippen LogP contribution in [-0.2, 0) is 42.9 Å². The Morgan fingerprint density at radius 1 is 0.443 bits per heavy atom. The molecule has 1 saturated heterocycles. The largest absolute Gasteiger partial charge is 0.479 e. The highest BCUT2D eigenvalue weighted by Gasteiger charge is 2.50. The van der Waals surface area contributed by atoms with Crippen molar-refractivity contribution in [1.82, 2.24) is 0 Å². The molecular formula is C67H104O12. The first-order chi connectivity index (χ1) is 38.6. The summed E-state index contributed by atoms with van der Waals surface area (Å²) in [6.07, 6.45) is 63.1. The lowest BCUT2D eigenvalue weighted by molar-refractivity contribution is -0.301. The zero-order chi connectivity index (χ0) is 57.5. The SMILES string of the molecule is CC/C=C\C/C=C\C/C=C\C/C=C\C/C=C\CC(=O)OC(COC(=O)CCCCCCCCCCC/C=C\C/C=C\CCCCC)COC1OC(C(=O)O)C(O)C(O)C1OC(=O)CCCC/C=C\C/C=C\C/C=C\C/C=C\CC. The molecule has 0 aliphatic carbocycles. The molecule has 12 nitrogen and oxygen atoms in total. The zero-order valence-electron chi connectivity index (χ0n) is 48.8. The van der Waals surface area contributed by atoms with Crippen molar-refractivity contribution in [2.24, 2.45) is 0 Å². The molecule has 0 aromatic heterocycles. The normalized spacial score (nSPS) is 18.8. The summed E-state index contributed by atoms with van der Waals surface area (Å²) in [5, 5.41) is 31.5. The van der Waals surface area contributed by atoms with Gasteiger partial charge in [0.05, 0.1) is 13.0 Å². The highest BCUT2D eigenvalue weighted by molar-refractivity contribution is 5.74. The quantitative estimate of drug-likeness (QED) is 0.0228. The third-order valence-electron chi connectivity index (χ3n) is 12.7. The number of carboxylic acids is 1. The second kappa shape index (κ2) is 53.5. The summed E-state index contributed by atoms with van der Waals surface area (Å²) < 4.78 is 28.3. The monoisotopic (exact) mass is 1100 g/mol. The summed E-state index contributed by atoms with van der Waals surface area (Å²) in [6, 6.07) is 0. The van der Waals surface area contributed by atoms with E-state index in [-0.39, 0.29) is 25.9 Å². The van der Waals surface area contributed by atoms with E-state index in [9.17, 15) is 34.5 Å². The first-order valence-corrected chi connectivity index (χ1v) is 30.2. The first kappa shape index (κ1) is 71.9. The van der Waals surface area contributed by atoms with Crippen LogP contribution in [-0.4, -0.2) is 89.2 Å². The predicted molar refractivity (Wildman–Crippen MR) is 321 cm³/mol. The number of carbonyl (C=O) groups excluding carboxylic acids is 3. The Hall–Kier alpha value is -5.14. The number of aliphatic carboxylic acids is 1. The van der Waals surface area contributed by atoms with Gasteiger partial charge in [0.2, 0.25) is 0 Å². The molecule has 1 aliphatic heterocycles. The van der Waals surface area contributed by atoms with Crippen molar-refractivity contribution in [3.63, 3.8) is 0 Å². The molecule has 0 amide bonds. The van der Waals surface area contributed by atoms with Crippen molar-refractivity contribution in [2.45, 2.75) is 250 Å². The van der Waals surface area contributed by atoms with E-state index in [1.165, 1.54) is 51.4 Å². The average Bonchev–Trinajstić information content (AvgIpc) is 3.46. The maximum Gasteiger partial charge on any atom is 0.335 e. The van der Waals surface area contributed by atoms with E-state index in [0.29, 0.717) is 25.7 Å². The molecule has 12 heteroatoms. The number of hydrogen-bond donors (Lipinski definition) is 3. The maximum absolute atomic E-state index is 13.1. The third-order valence-corrected chi connectivity index (χ3v) is 12.7. The number of esters is 3. The molecule has 1 aliphatic rings. The van der Waals surface area contributed by atoms with Gasteiger partial charge in [0.25, 0.3) is 0 Å². The number of hydrogen-bond acceptors (Lipinski definition) is 11. The Bertz CT molecular complexity index is 1880. The number of allylic oxidation sites excluding steroid dienone is 21. The van der Waals surface area contributed by atoms with Gasteiger partial charge in [-0.2, -0.15) is 0 Å². The Morgan fingerprint density at radius 2 is 0.835 bits per heavy atom. The fourth-order valence-electron chi connectivity index (χ4n) is 8.17. The van der Waals surface area contributed by atoms with Gasteiger partial charge < -0.3 is 39.0 Å². The number of aliphatic hydroxyl groups is 2. The molecule has 79 heavy (non-hydrogen) atoms. The van der Waals surface area contributed by atoms with Gasteiger partial charge in [-0.05, 0) is 116 Å². The minimum atomic E-state index is -1.94. The van der Waals surface area contributed by atoms with Gasteiger partial charge in [0.1, 0.15) is 18.8 Å². The summed E-state index contributed by atoms with van der Waals surface area (Å²) in [6.45, 7) is 5.62. The second-order valence-corrected chi connectivity index (χ2v) is 19.9. The van der Waals surface area contributed by atoms with Gasteiger partial charge in [-0.1, -0.05) is 212 Å². The molecule has 1 rings (SSSR count). The first-order valence-electron chi connectivity index (χ1n) is 30.2. The van der Waals surface area contributed by atoms with Crippen LogP contribution < -0.4 is 0 Å². The number of carbonyl (C=O) groups is 4. The van der Waals surface area contributed by atoms with Crippen LogP contribution in [0.2, 0.25) is 0 Å². The van der Waals surface area contributed by atoms with Crippen molar-refractivity contribution in [2.75, 3.05) is 13.2 Å². The average molecular weight is 1100 g/mol. The minimum Gasteiger partial charge on any atom is -0.479 e. The van der Waals surface area contributed by atoms with Crippen molar-refractivity contribution in [3.05, 3.63) is 134 Å². The zero-order valence-corrected chi connectivity index (χ0v) is 48.8. The third kappa shape index (κ3) is 43.4. The van der Waals surface area contributed by atoms with Crippen LogP contribution in [0.3, 0.4) is 0 Å². The molecular weight excluding hydrogens is 997 g/mol. The summed E-state index contributed by atoms with van der Waals surface area (Å²) in [5.41, 5.74) is 0. The van der Waals surface area contributed by atoms with E-state index in [2.05, 4.69) is 130 Å². The summed E-state index contributed by atoms with van der Waals surface area (Å²) in [4.78, 5) is 51.1. The van der Waals surface area contributed by atoms with Gasteiger partial charge in [-0.15, -0.1) is 0 Å². The lowest BCUT2D eigenvalue weighted by atomic mass is 9.98. The topological polar surface area (TPSA) is 175 Å². The smallest absolute Gasteiger partial charge is 0.335 e. The Morgan fingerprint density at radius 3 is 1.30 bits per heavy atom. The van der Waals surface area contributed by atoms with E-state index in [1.54, 1.807) is 6.08 Å². The van der Waals surface area contributed by atoms with Crippen molar-refractivity contribution < 1.29 is 58.2 Å².